The number of nitrogens with one attached hydrogen (secondary N) is 1. The highest BCUT2D eigenvalue weighted by atomic mass is 32.2. The van der Waals surface area contributed by atoms with E-state index >= 15 is 0 Å². The first-order valence-corrected chi connectivity index (χ1v) is 8.93. The molecule has 2 aromatic heterocycles. The van der Waals surface area contributed by atoms with E-state index in [1.807, 2.05) is 49.4 Å². The number of thioether (sulfide) groups is 1. The Morgan fingerprint density at radius 3 is 2.87 bits per heavy atom. The van der Waals surface area contributed by atoms with Crippen molar-refractivity contribution >= 4 is 34.7 Å². The topological polar surface area (TPSA) is 54.9 Å². The average Bonchev–Trinajstić information content (AvgIpc) is 3.00. The lowest BCUT2D eigenvalue weighted by atomic mass is 10.2. The number of amides is 1. The van der Waals surface area contributed by atoms with Gasteiger partial charge >= 0.3 is 0 Å². The highest BCUT2D eigenvalue weighted by Crippen LogP contribution is 2.22. The molecule has 2 heterocycles. The third-order valence-electron chi connectivity index (χ3n) is 3.16. The van der Waals surface area contributed by atoms with Crippen LogP contribution in [0, 0.1) is 6.92 Å². The van der Waals surface area contributed by atoms with Gasteiger partial charge in [-0.1, -0.05) is 18.2 Å². The SMILES string of the molecule is Cc1ncsc1C(=O)Nc1cccc(CSc2ccccn2)c1. The quantitative estimate of drug-likeness (QED) is 0.699. The molecule has 0 aliphatic heterocycles. The molecule has 0 spiro atoms. The number of rotatable bonds is 5. The molecule has 1 aromatic carbocycles. The number of carbonyl (C=O) groups is 1. The molecule has 0 unspecified atom stereocenters. The third-order valence-corrected chi connectivity index (χ3v) is 5.10. The second-order valence-corrected chi connectivity index (χ2v) is 6.73. The lowest BCUT2D eigenvalue weighted by molar-refractivity contribution is 0.103. The molecule has 6 heteroatoms. The van der Waals surface area contributed by atoms with Crippen LogP contribution in [0.25, 0.3) is 0 Å². The molecule has 1 N–H and O–H groups in total. The minimum Gasteiger partial charge on any atom is -0.321 e. The highest BCUT2D eigenvalue weighted by Gasteiger charge is 2.11. The van der Waals surface area contributed by atoms with E-state index in [9.17, 15) is 4.79 Å². The number of aromatic nitrogens is 2. The molecule has 23 heavy (non-hydrogen) atoms. The molecule has 4 nitrogen and oxygen atoms in total. The Hall–Kier alpha value is -2.18. The van der Waals surface area contributed by atoms with Crippen LogP contribution in [-0.2, 0) is 5.75 Å². The van der Waals surface area contributed by atoms with Gasteiger partial charge < -0.3 is 5.32 Å². The van der Waals surface area contributed by atoms with Crippen molar-refractivity contribution in [1.82, 2.24) is 9.97 Å². The van der Waals surface area contributed by atoms with Gasteiger partial charge in [-0.15, -0.1) is 23.1 Å². The van der Waals surface area contributed by atoms with E-state index in [1.165, 1.54) is 11.3 Å². The number of benzene rings is 1. The summed E-state index contributed by atoms with van der Waals surface area (Å²) in [6.07, 6.45) is 1.79. The van der Waals surface area contributed by atoms with Crippen LogP contribution in [0.15, 0.2) is 59.2 Å². The van der Waals surface area contributed by atoms with E-state index in [4.69, 9.17) is 0 Å². The molecule has 0 aliphatic carbocycles. The van der Waals surface area contributed by atoms with E-state index in [-0.39, 0.29) is 5.91 Å². The van der Waals surface area contributed by atoms with Gasteiger partial charge in [-0.2, -0.15) is 0 Å². The van der Waals surface area contributed by atoms with Crippen LogP contribution in [0.4, 0.5) is 5.69 Å². The molecule has 0 radical (unpaired) electrons. The van der Waals surface area contributed by atoms with Crippen molar-refractivity contribution in [2.24, 2.45) is 0 Å². The second-order valence-electron chi connectivity index (χ2n) is 4.88. The Kier molecular flexibility index (Phi) is 5.05. The van der Waals surface area contributed by atoms with Crippen LogP contribution < -0.4 is 5.32 Å². The largest absolute Gasteiger partial charge is 0.321 e. The zero-order valence-corrected chi connectivity index (χ0v) is 14.2. The summed E-state index contributed by atoms with van der Waals surface area (Å²) in [7, 11) is 0. The fourth-order valence-corrected chi connectivity index (χ4v) is 3.54. The van der Waals surface area contributed by atoms with Gasteiger partial charge in [0.05, 0.1) is 16.2 Å². The Morgan fingerprint density at radius 1 is 1.22 bits per heavy atom. The van der Waals surface area contributed by atoms with E-state index in [1.54, 1.807) is 23.5 Å². The number of aryl methyl sites for hydroxylation is 1. The minimum atomic E-state index is -0.112. The Morgan fingerprint density at radius 2 is 2.13 bits per heavy atom. The lowest BCUT2D eigenvalue weighted by Gasteiger charge is -2.07. The van der Waals surface area contributed by atoms with E-state index < -0.39 is 0 Å². The first-order chi connectivity index (χ1) is 11.2. The molecule has 1 amide bonds. The maximum absolute atomic E-state index is 12.2. The summed E-state index contributed by atoms with van der Waals surface area (Å²) in [4.78, 5) is 21.3. The van der Waals surface area contributed by atoms with Gasteiger partial charge in [-0.05, 0) is 36.8 Å². The molecular weight excluding hydrogens is 326 g/mol. The minimum absolute atomic E-state index is 0.112. The number of nitrogens with zero attached hydrogens (tertiary/aromatic N) is 2. The molecule has 0 fully saturated rings. The molecule has 3 rings (SSSR count). The van der Waals surface area contributed by atoms with Gasteiger partial charge in [-0.25, -0.2) is 9.97 Å². The molecule has 0 atom stereocenters. The Balaban J connectivity index is 1.65. The normalized spacial score (nSPS) is 10.5. The van der Waals surface area contributed by atoms with Crippen LogP contribution in [0.3, 0.4) is 0 Å². The van der Waals surface area contributed by atoms with Gasteiger partial charge in [-0.3, -0.25) is 4.79 Å². The van der Waals surface area contributed by atoms with E-state index in [2.05, 4.69) is 15.3 Å². The van der Waals surface area contributed by atoms with E-state index in [0.29, 0.717) is 4.88 Å². The summed E-state index contributed by atoms with van der Waals surface area (Å²) in [6.45, 7) is 1.84. The van der Waals surface area contributed by atoms with Crippen molar-refractivity contribution < 1.29 is 4.79 Å². The van der Waals surface area contributed by atoms with Crippen molar-refractivity contribution in [3.63, 3.8) is 0 Å². The third kappa shape index (κ3) is 4.18. The summed E-state index contributed by atoms with van der Waals surface area (Å²) in [5, 5.41) is 3.92. The second kappa shape index (κ2) is 7.39. The Bertz CT molecular complexity index is 802. The summed E-state index contributed by atoms with van der Waals surface area (Å²) >= 11 is 3.02. The van der Waals surface area contributed by atoms with Crippen molar-refractivity contribution in [2.75, 3.05) is 5.32 Å². The molecule has 0 aliphatic rings. The summed E-state index contributed by atoms with van der Waals surface area (Å²) in [5.74, 6) is 0.694. The monoisotopic (exact) mass is 341 g/mol. The lowest BCUT2D eigenvalue weighted by Crippen LogP contribution is -2.11. The van der Waals surface area contributed by atoms with Crippen LogP contribution >= 0.6 is 23.1 Å². The predicted molar refractivity (Wildman–Crippen MR) is 95.0 cm³/mol. The van der Waals surface area contributed by atoms with Crippen LogP contribution in [0.1, 0.15) is 20.9 Å². The van der Waals surface area contributed by atoms with Crippen LogP contribution in [0.5, 0.6) is 0 Å². The maximum Gasteiger partial charge on any atom is 0.267 e. The van der Waals surface area contributed by atoms with Gasteiger partial charge in [0.2, 0.25) is 0 Å². The standard InChI is InChI=1S/C17H15N3OS2/c1-12-16(23-11-19-12)17(21)20-14-6-4-5-13(9-14)10-22-15-7-2-3-8-18-15/h2-9,11H,10H2,1H3,(H,20,21). The zero-order chi connectivity index (χ0) is 16.1. The number of thiazole rings is 1. The average molecular weight is 341 g/mol. The van der Waals surface area contributed by atoms with Crippen molar-refractivity contribution in [2.45, 2.75) is 17.7 Å². The van der Waals surface area contributed by atoms with Crippen molar-refractivity contribution in [3.8, 4) is 0 Å². The van der Waals surface area contributed by atoms with Gasteiger partial charge in [0, 0.05) is 17.6 Å². The Labute approximate surface area is 143 Å². The van der Waals surface area contributed by atoms with Gasteiger partial charge in [0.15, 0.2) is 0 Å². The predicted octanol–water partition coefficient (Wildman–Crippen LogP) is 4.39. The van der Waals surface area contributed by atoms with Crippen LogP contribution in [0.2, 0.25) is 0 Å². The molecule has 0 bridgehead atoms. The summed E-state index contributed by atoms with van der Waals surface area (Å²) in [5.41, 5.74) is 4.38. The zero-order valence-electron chi connectivity index (χ0n) is 12.5. The highest BCUT2D eigenvalue weighted by molar-refractivity contribution is 7.98. The summed E-state index contributed by atoms with van der Waals surface area (Å²) in [6, 6.07) is 13.7. The number of hydrogen-bond acceptors (Lipinski definition) is 5. The van der Waals surface area contributed by atoms with Crippen molar-refractivity contribution in [3.05, 3.63) is 70.3 Å². The number of pyridine rings is 1. The summed E-state index contributed by atoms with van der Waals surface area (Å²) < 4.78 is 0. The van der Waals surface area contributed by atoms with Crippen LogP contribution in [-0.4, -0.2) is 15.9 Å². The first-order valence-electron chi connectivity index (χ1n) is 7.06. The smallest absolute Gasteiger partial charge is 0.267 e. The molecule has 116 valence electrons. The fraction of sp³-hybridized carbons (Fsp3) is 0.118. The van der Waals surface area contributed by atoms with E-state index in [0.717, 1.165) is 27.7 Å². The number of anilines is 1. The molecule has 0 saturated heterocycles. The van der Waals surface area contributed by atoms with Gasteiger partial charge in [0.1, 0.15) is 4.88 Å². The van der Waals surface area contributed by atoms with Crippen molar-refractivity contribution in [1.29, 1.82) is 0 Å². The number of hydrogen-bond donors (Lipinski definition) is 1. The molecule has 3 aromatic rings. The molecular formula is C17H15N3OS2. The first kappa shape index (κ1) is 15.7. The molecule has 0 saturated carbocycles. The fourth-order valence-electron chi connectivity index (χ4n) is 2.04. The van der Waals surface area contributed by atoms with Gasteiger partial charge in [0.25, 0.3) is 5.91 Å². The maximum atomic E-state index is 12.2. The number of carbonyl (C=O) groups excluding carboxylic acids is 1.